The molecule has 0 aliphatic carbocycles. The highest BCUT2D eigenvalue weighted by molar-refractivity contribution is 5.87. The highest BCUT2D eigenvalue weighted by Gasteiger charge is 2.25. The molecule has 0 aromatic rings. The highest BCUT2D eigenvalue weighted by atomic mass is 16.2. The predicted molar refractivity (Wildman–Crippen MR) is 52.4 cm³/mol. The summed E-state index contributed by atoms with van der Waals surface area (Å²) >= 11 is 0. The van der Waals surface area contributed by atoms with Gasteiger partial charge in [0, 0.05) is 19.6 Å². The summed E-state index contributed by atoms with van der Waals surface area (Å²) in [7, 11) is 0. The summed E-state index contributed by atoms with van der Waals surface area (Å²) in [5, 5.41) is 2.68. The lowest BCUT2D eigenvalue weighted by Crippen LogP contribution is -2.52. The Hall–Kier alpha value is -1.10. The number of piperazine rings is 1. The van der Waals surface area contributed by atoms with Gasteiger partial charge in [-0.3, -0.25) is 9.59 Å². The Kier molecular flexibility index (Phi) is 3.88. The third-order valence-electron chi connectivity index (χ3n) is 2.48. The van der Waals surface area contributed by atoms with Crippen molar-refractivity contribution in [1.29, 1.82) is 0 Å². The van der Waals surface area contributed by atoms with Gasteiger partial charge in [-0.2, -0.15) is 0 Å². The summed E-state index contributed by atoms with van der Waals surface area (Å²) in [6.45, 7) is 3.61. The van der Waals surface area contributed by atoms with Crippen LogP contribution < -0.4 is 11.1 Å². The van der Waals surface area contributed by atoms with E-state index >= 15 is 0 Å². The van der Waals surface area contributed by atoms with E-state index in [1.807, 2.05) is 6.92 Å². The zero-order valence-electron chi connectivity index (χ0n) is 8.45. The van der Waals surface area contributed by atoms with E-state index in [-0.39, 0.29) is 24.3 Å². The van der Waals surface area contributed by atoms with Crippen LogP contribution in [0.1, 0.15) is 13.3 Å². The Morgan fingerprint density at radius 3 is 2.93 bits per heavy atom. The summed E-state index contributed by atoms with van der Waals surface area (Å²) in [6, 6.07) is 0. The molecule has 1 aliphatic heterocycles. The zero-order chi connectivity index (χ0) is 10.6. The molecule has 0 saturated carbocycles. The number of carbonyl (C=O) groups excluding carboxylic acids is 2. The fourth-order valence-corrected chi connectivity index (χ4v) is 1.53. The fourth-order valence-electron chi connectivity index (χ4n) is 1.53. The molecule has 2 amide bonds. The van der Waals surface area contributed by atoms with Gasteiger partial charge in [0.05, 0.1) is 12.5 Å². The molecular formula is C9H17N3O2. The van der Waals surface area contributed by atoms with Crippen molar-refractivity contribution < 1.29 is 9.59 Å². The SMILES string of the molecule is CCC(CN)C(=O)N1CCNC(=O)C1. The van der Waals surface area contributed by atoms with Crippen LogP contribution in [0.5, 0.6) is 0 Å². The number of amides is 2. The number of hydrogen-bond acceptors (Lipinski definition) is 3. The molecule has 1 aliphatic rings. The van der Waals surface area contributed by atoms with Crippen molar-refractivity contribution in [2.24, 2.45) is 11.7 Å². The van der Waals surface area contributed by atoms with Gasteiger partial charge in [-0.1, -0.05) is 6.92 Å². The minimum Gasteiger partial charge on any atom is -0.353 e. The second-order valence-electron chi connectivity index (χ2n) is 3.45. The lowest BCUT2D eigenvalue weighted by molar-refractivity contribution is -0.141. The standard InChI is InChI=1S/C9H17N3O2/c1-2-7(5-10)9(14)12-4-3-11-8(13)6-12/h7H,2-6,10H2,1H3,(H,11,13). The zero-order valence-corrected chi connectivity index (χ0v) is 8.45. The van der Waals surface area contributed by atoms with Crippen molar-refractivity contribution in [3.8, 4) is 0 Å². The van der Waals surface area contributed by atoms with E-state index in [4.69, 9.17) is 5.73 Å². The molecule has 0 aromatic heterocycles. The Bertz CT molecular complexity index is 226. The maximum atomic E-state index is 11.8. The van der Waals surface area contributed by atoms with Gasteiger partial charge in [-0.05, 0) is 6.42 Å². The van der Waals surface area contributed by atoms with Crippen molar-refractivity contribution in [3.63, 3.8) is 0 Å². The fraction of sp³-hybridized carbons (Fsp3) is 0.778. The minimum atomic E-state index is -0.138. The lowest BCUT2D eigenvalue weighted by atomic mass is 10.1. The molecule has 5 heteroatoms. The number of nitrogens with two attached hydrogens (primary N) is 1. The summed E-state index contributed by atoms with van der Waals surface area (Å²) < 4.78 is 0. The molecule has 1 rings (SSSR count). The maximum absolute atomic E-state index is 11.8. The molecule has 0 bridgehead atoms. The Morgan fingerprint density at radius 2 is 2.43 bits per heavy atom. The first-order valence-electron chi connectivity index (χ1n) is 4.94. The molecule has 0 aromatic carbocycles. The topological polar surface area (TPSA) is 75.4 Å². The first kappa shape index (κ1) is 11.0. The first-order chi connectivity index (χ1) is 6.69. The van der Waals surface area contributed by atoms with Crippen LogP contribution in [0, 0.1) is 5.92 Å². The van der Waals surface area contributed by atoms with E-state index in [1.54, 1.807) is 4.90 Å². The summed E-state index contributed by atoms with van der Waals surface area (Å²) in [5.74, 6) is -0.220. The maximum Gasteiger partial charge on any atom is 0.239 e. The van der Waals surface area contributed by atoms with Crippen LogP contribution in [0.4, 0.5) is 0 Å². The number of carbonyl (C=O) groups is 2. The quantitative estimate of drug-likeness (QED) is 0.607. The van der Waals surface area contributed by atoms with Crippen molar-refractivity contribution in [2.45, 2.75) is 13.3 Å². The number of hydrogen-bond donors (Lipinski definition) is 2. The summed E-state index contributed by atoms with van der Waals surface area (Å²) in [6.07, 6.45) is 0.730. The summed E-state index contributed by atoms with van der Waals surface area (Å²) in [4.78, 5) is 24.4. The number of rotatable bonds is 3. The molecule has 1 saturated heterocycles. The molecule has 1 atom stereocenters. The molecule has 1 unspecified atom stereocenters. The van der Waals surface area contributed by atoms with E-state index in [1.165, 1.54) is 0 Å². The van der Waals surface area contributed by atoms with Crippen LogP contribution in [-0.4, -0.2) is 42.9 Å². The van der Waals surface area contributed by atoms with Gasteiger partial charge in [0.1, 0.15) is 0 Å². The van der Waals surface area contributed by atoms with Crippen molar-refractivity contribution >= 4 is 11.8 Å². The average molecular weight is 199 g/mol. The molecule has 1 heterocycles. The molecular weight excluding hydrogens is 182 g/mol. The van der Waals surface area contributed by atoms with Crippen LogP contribution in [0.3, 0.4) is 0 Å². The van der Waals surface area contributed by atoms with Gasteiger partial charge >= 0.3 is 0 Å². The second kappa shape index (κ2) is 4.95. The molecule has 3 N–H and O–H groups in total. The van der Waals surface area contributed by atoms with Crippen LogP contribution >= 0.6 is 0 Å². The van der Waals surface area contributed by atoms with Crippen molar-refractivity contribution in [1.82, 2.24) is 10.2 Å². The smallest absolute Gasteiger partial charge is 0.239 e. The van der Waals surface area contributed by atoms with E-state index in [9.17, 15) is 9.59 Å². The molecule has 5 nitrogen and oxygen atoms in total. The number of nitrogens with zero attached hydrogens (tertiary/aromatic N) is 1. The van der Waals surface area contributed by atoms with Crippen LogP contribution in [0.15, 0.2) is 0 Å². The average Bonchev–Trinajstić information content (AvgIpc) is 2.19. The Labute approximate surface area is 83.6 Å². The van der Waals surface area contributed by atoms with Gasteiger partial charge < -0.3 is 16.0 Å². The highest BCUT2D eigenvalue weighted by Crippen LogP contribution is 2.07. The normalized spacial score (nSPS) is 19.0. The molecule has 1 fully saturated rings. The summed E-state index contributed by atoms with van der Waals surface area (Å²) in [5.41, 5.74) is 5.48. The van der Waals surface area contributed by atoms with E-state index in [2.05, 4.69) is 5.32 Å². The second-order valence-corrected chi connectivity index (χ2v) is 3.45. The van der Waals surface area contributed by atoms with E-state index in [0.29, 0.717) is 19.6 Å². The molecule has 0 radical (unpaired) electrons. The monoisotopic (exact) mass is 199 g/mol. The van der Waals surface area contributed by atoms with Crippen molar-refractivity contribution in [3.05, 3.63) is 0 Å². The molecule has 0 spiro atoms. The third kappa shape index (κ3) is 2.45. The van der Waals surface area contributed by atoms with Crippen molar-refractivity contribution in [2.75, 3.05) is 26.2 Å². The third-order valence-corrected chi connectivity index (χ3v) is 2.48. The Balaban J connectivity index is 2.54. The predicted octanol–water partition coefficient (Wildman–Crippen LogP) is -1.07. The molecule has 80 valence electrons. The molecule has 14 heavy (non-hydrogen) atoms. The van der Waals surface area contributed by atoms with Crippen LogP contribution in [0.2, 0.25) is 0 Å². The largest absolute Gasteiger partial charge is 0.353 e. The van der Waals surface area contributed by atoms with Crippen LogP contribution in [0.25, 0.3) is 0 Å². The van der Waals surface area contributed by atoms with Gasteiger partial charge in [0.2, 0.25) is 11.8 Å². The van der Waals surface area contributed by atoms with Gasteiger partial charge in [0.25, 0.3) is 0 Å². The minimum absolute atomic E-state index is 0.00449. The lowest BCUT2D eigenvalue weighted by Gasteiger charge is -2.29. The first-order valence-corrected chi connectivity index (χ1v) is 4.94. The number of nitrogens with one attached hydrogen (secondary N) is 1. The Morgan fingerprint density at radius 1 is 1.71 bits per heavy atom. The van der Waals surface area contributed by atoms with Gasteiger partial charge in [0.15, 0.2) is 0 Å². The van der Waals surface area contributed by atoms with E-state index in [0.717, 1.165) is 6.42 Å². The van der Waals surface area contributed by atoms with E-state index < -0.39 is 0 Å². The van der Waals surface area contributed by atoms with Gasteiger partial charge in [-0.15, -0.1) is 0 Å². The van der Waals surface area contributed by atoms with Crippen LogP contribution in [-0.2, 0) is 9.59 Å². The van der Waals surface area contributed by atoms with Gasteiger partial charge in [-0.25, -0.2) is 0 Å².